The maximum atomic E-state index is 11.1. The van der Waals surface area contributed by atoms with E-state index in [1.807, 2.05) is 20.9 Å². The van der Waals surface area contributed by atoms with Crippen molar-refractivity contribution in [1.82, 2.24) is 4.90 Å². The molecule has 0 aliphatic heterocycles. The first-order valence-corrected chi connectivity index (χ1v) is 6.26. The molecule has 0 aliphatic carbocycles. The number of carbonyl (C=O) groups is 1. The Kier molecular flexibility index (Phi) is 7.60. The molecule has 0 aromatic heterocycles. The van der Waals surface area contributed by atoms with Crippen LogP contribution in [0.4, 0.5) is 0 Å². The summed E-state index contributed by atoms with van der Waals surface area (Å²) in [5.41, 5.74) is -0.174. The molecule has 0 aliphatic rings. The van der Waals surface area contributed by atoms with E-state index < -0.39 is 0 Å². The smallest absolute Gasteiger partial charge is 0.127 e. The monoisotopic (exact) mass is 229 g/mol. The lowest BCUT2D eigenvalue weighted by molar-refractivity contribution is -0.117. The van der Waals surface area contributed by atoms with Crippen LogP contribution in [-0.4, -0.2) is 44.0 Å². The molecule has 0 aromatic carbocycles. The standard InChI is InChI=1S/C13H27NO2/c1-6-13(7-2,11-15)10-14(5)8-9-16-12(3)4/h11-12H,6-10H2,1-5H3. The topological polar surface area (TPSA) is 29.5 Å². The molecule has 0 rings (SSSR count). The Bertz CT molecular complexity index is 188. The number of hydrogen-bond acceptors (Lipinski definition) is 3. The first-order chi connectivity index (χ1) is 7.49. The molecule has 3 heteroatoms. The molecule has 0 fully saturated rings. The molecule has 3 nitrogen and oxygen atoms in total. The van der Waals surface area contributed by atoms with Crippen LogP contribution in [0, 0.1) is 5.41 Å². The fourth-order valence-corrected chi connectivity index (χ4v) is 1.74. The summed E-state index contributed by atoms with van der Waals surface area (Å²) in [6, 6.07) is 0. The van der Waals surface area contributed by atoms with Crippen molar-refractivity contribution in [2.24, 2.45) is 5.41 Å². The van der Waals surface area contributed by atoms with Crippen LogP contribution in [0.2, 0.25) is 0 Å². The number of ether oxygens (including phenoxy) is 1. The van der Waals surface area contributed by atoms with Gasteiger partial charge in [-0.15, -0.1) is 0 Å². The van der Waals surface area contributed by atoms with E-state index in [2.05, 4.69) is 18.7 Å². The maximum Gasteiger partial charge on any atom is 0.127 e. The Morgan fingerprint density at radius 3 is 2.25 bits per heavy atom. The third-order valence-electron chi connectivity index (χ3n) is 3.17. The predicted molar refractivity (Wildman–Crippen MR) is 67.7 cm³/mol. The van der Waals surface area contributed by atoms with Gasteiger partial charge in [-0.3, -0.25) is 0 Å². The highest BCUT2D eigenvalue weighted by atomic mass is 16.5. The predicted octanol–water partition coefficient (Wildman–Crippen LogP) is 2.35. The van der Waals surface area contributed by atoms with Crippen LogP contribution in [-0.2, 0) is 9.53 Å². The molecular formula is C13H27NO2. The van der Waals surface area contributed by atoms with Gasteiger partial charge in [-0.25, -0.2) is 0 Å². The minimum atomic E-state index is -0.174. The van der Waals surface area contributed by atoms with Crippen LogP contribution < -0.4 is 0 Å². The molecule has 0 heterocycles. The summed E-state index contributed by atoms with van der Waals surface area (Å²) >= 11 is 0. The SMILES string of the molecule is CCC(C=O)(CC)CN(C)CCOC(C)C. The first kappa shape index (κ1) is 15.6. The highest BCUT2D eigenvalue weighted by Gasteiger charge is 2.26. The molecule has 0 aromatic rings. The van der Waals surface area contributed by atoms with E-state index in [-0.39, 0.29) is 11.5 Å². The highest BCUT2D eigenvalue weighted by molar-refractivity contribution is 5.59. The van der Waals surface area contributed by atoms with Gasteiger partial charge in [0.2, 0.25) is 0 Å². The van der Waals surface area contributed by atoms with Crippen LogP contribution in [0.15, 0.2) is 0 Å². The summed E-state index contributed by atoms with van der Waals surface area (Å²) in [4.78, 5) is 13.3. The Morgan fingerprint density at radius 2 is 1.88 bits per heavy atom. The second kappa shape index (κ2) is 7.80. The summed E-state index contributed by atoms with van der Waals surface area (Å²) in [7, 11) is 2.05. The quantitative estimate of drug-likeness (QED) is 0.568. The molecule has 96 valence electrons. The van der Waals surface area contributed by atoms with Crippen molar-refractivity contribution in [2.45, 2.75) is 46.6 Å². The summed E-state index contributed by atoms with van der Waals surface area (Å²) in [5, 5.41) is 0. The van der Waals surface area contributed by atoms with E-state index in [1.165, 1.54) is 0 Å². The van der Waals surface area contributed by atoms with Crippen molar-refractivity contribution in [3.63, 3.8) is 0 Å². The minimum Gasteiger partial charge on any atom is -0.377 e. The first-order valence-electron chi connectivity index (χ1n) is 6.26. The molecule has 16 heavy (non-hydrogen) atoms. The average Bonchev–Trinajstić information content (AvgIpc) is 2.25. The van der Waals surface area contributed by atoms with Crippen LogP contribution in [0.1, 0.15) is 40.5 Å². The van der Waals surface area contributed by atoms with E-state index in [0.717, 1.165) is 38.8 Å². The lowest BCUT2D eigenvalue weighted by atomic mass is 9.83. The fraction of sp³-hybridized carbons (Fsp3) is 0.923. The second-order valence-electron chi connectivity index (χ2n) is 4.84. The maximum absolute atomic E-state index is 11.1. The molecule has 0 spiro atoms. The van der Waals surface area contributed by atoms with Crippen molar-refractivity contribution in [3.8, 4) is 0 Å². The molecule has 0 bridgehead atoms. The van der Waals surface area contributed by atoms with Crippen molar-refractivity contribution in [3.05, 3.63) is 0 Å². The van der Waals surface area contributed by atoms with Gasteiger partial charge in [0.05, 0.1) is 12.7 Å². The van der Waals surface area contributed by atoms with Crippen molar-refractivity contribution in [1.29, 1.82) is 0 Å². The largest absolute Gasteiger partial charge is 0.377 e. The summed E-state index contributed by atoms with van der Waals surface area (Å²) in [5.74, 6) is 0. The Hall–Kier alpha value is -0.410. The number of likely N-dealkylation sites (N-methyl/N-ethyl adjacent to an activating group) is 1. The molecule has 0 N–H and O–H groups in total. The van der Waals surface area contributed by atoms with Gasteiger partial charge in [0, 0.05) is 18.5 Å². The number of nitrogens with zero attached hydrogens (tertiary/aromatic N) is 1. The van der Waals surface area contributed by atoms with Crippen LogP contribution >= 0.6 is 0 Å². The zero-order chi connectivity index (χ0) is 12.6. The van der Waals surface area contributed by atoms with Gasteiger partial charge >= 0.3 is 0 Å². The van der Waals surface area contributed by atoms with Crippen molar-refractivity contribution >= 4 is 6.29 Å². The van der Waals surface area contributed by atoms with Gasteiger partial charge in [-0.1, -0.05) is 13.8 Å². The number of hydrogen-bond donors (Lipinski definition) is 0. The Labute approximate surface area is 100 Å². The number of aldehydes is 1. The third kappa shape index (κ3) is 5.61. The van der Waals surface area contributed by atoms with E-state index >= 15 is 0 Å². The number of carbonyl (C=O) groups excluding carboxylic acids is 1. The number of rotatable bonds is 9. The minimum absolute atomic E-state index is 0.174. The Balaban J connectivity index is 4.00. The van der Waals surface area contributed by atoms with Crippen molar-refractivity contribution < 1.29 is 9.53 Å². The lowest BCUT2D eigenvalue weighted by Crippen LogP contribution is -2.37. The van der Waals surface area contributed by atoms with E-state index in [1.54, 1.807) is 0 Å². The molecule has 0 saturated carbocycles. The van der Waals surface area contributed by atoms with Gasteiger partial charge in [-0.05, 0) is 33.7 Å². The zero-order valence-corrected chi connectivity index (χ0v) is 11.5. The van der Waals surface area contributed by atoms with Gasteiger partial charge in [0.25, 0.3) is 0 Å². The summed E-state index contributed by atoms with van der Waals surface area (Å²) in [6.45, 7) is 10.7. The molecule has 0 saturated heterocycles. The molecule has 0 atom stereocenters. The zero-order valence-electron chi connectivity index (χ0n) is 11.5. The van der Waals surface area contributed by atoms with Gasteiger partial charge < -0.3 is 14.4 Å². The van der Waals surface area contributed by atoms with Crippen molar-refractivity contribution in [2.75, 3.05) is 26.7 Å². The highest BCUT2D eigenvalue weighted by Crippen LogP contribution is 2.24. The fourth-order valence-electron chi connectivity index (χ4n) is 1.74. The van der Waals surface area contributed by atoms with Gasteiger partial charge in [0.1, 0.15) is 6.29 Å². The molecule has 0 radical (unpaired) electrons. The molecular weight excluding hydrogens is 202 g/mol. The van der Waals surface area contributed by atoms with Gasteiger partial charge in [-0.2, -0.15) is 0 Å². The summed E-state index contributed by atoms with van der Waals surface area (Å²) in [6.07, 6.45) is 3.21. The van der Waals surface area contributed by atoms with Crippen LogP contribution in [0.3, 0.4) is 0 Å². The molecule has 0 amide bonds. The third-order valence-corrected chi connectivity index (χ3v) is 3.17. The average molecular weight is 229 g/mol. The lowest BCUT2D eigenvalue weighted by Gasteiger charge is -2.30. The normalized spacial score (nSPS) is 12.4. The Morgan fingerprint density at radius 1 is 1.31 bits per heavy atom. The van der Waals surface area contributed by atoms with E-state index in [4.69, 9.17) is 4.74 Å². The van der Waals surface area contributed by atoms with Crippen LogP contribution in [0.25, 0.3) is 0 Å². The molecule has 0 unspecified atom stereocenters. The van der Waals surface area contributed by atoms with Gasteiger partial charge in [0.15, 0.2) is 0 Å². The van der Waals surface area contributed by atoms with E-state index in [0.29, 0.717) is 0 Å². The summed E-state index contributed by atoms with van der Waals surface area (Å²) < 4.78 is 5.50. The van der Waals surface area contributed by atoms with Crippen LogP contribution in [0.5, 0.6) is 0 Å². The van der Waals surface area contributed by atoms with E-state index in [9.17, 15) is 4.79 Å². The second-order valence-corrected chi connectivity index (χ2v) is 4.84.